The molecule has 1 unspecified atom stereocenters. The molecule has 1 N–H and O–H groups in total. The van der Waals surface area contributed by atoms with Crippen LogP contribution in [0, 0.1) is 13.8 Å². The molecule has 3 aromatic carbocycles. The van der Waals surface area contributed by atoms with E-state index < -0.39 is 12.1 Å². The largest absolute Gasteiger partial charge is 0.479 e. The van der Waals surface area contributed by atoms with E-state index in [1.807, 2.05) is 44.2 Å². The van der Waals surface area contributed by atoms with Crippen LogP contribution >= 0.6 is 11.6 Å². The molecular weight excluding hydrogens is 414 g/mol. The van der Waals surface area contributed by atoms with Crippen LogP contribution in [0.4, 0.5) is 5.69 Å². The van der Waals surface area contributed by atoms with Crippen LogP contribution in [-0.4, -0.2) is 18.0 Å². The van der Waals surface area contributed by atoms with Gasteiger partial charge in [-0.05, 0) is 62.7 Å². The Labute approximate surface area is 187 Å². The number of halogens is 1. The number of nitrogens with one attached hydrogen (secondary N) is 1. The van der Waals surface area contributed by atoms with E-state index in [9.17, 15) is 9.59 Å². The fourth-order valence-electron chi connectivity index (χ4n) is 2.97. The van der Waals surface area contributed by atoms with Crippen LogP contribution in [0.1, 0.15) is 34.0 Å². The third-order valence-corrected chi connectivity index (χ3v) is 5.09. The average Bonchev–Trinajstić information content (AvgIpc) is 2.75. The lowest BCUT2D eigenvalue weighted by molar-refractivity contribution is -0.152. The highest BCUT2D eigenvalue weighted by atomic mass is 35.5. The Bertz CT molecular complexity index is 1080. The molecule has 0 aliphatic rings. The summed E-state index contributed by atoms with van der Waals surface area (Å²) in [4.78, 5) is 24.7. The number of aryl methyl sites for hydroxylation is 2. The summed E-state index contributed by atoms with van der Waals surface area (Å²) < 4.78 is 10.9. The summed E-state index contributed by atoms with van der Waals surface area (Å²) in [6, 6.07) is 19.6. The van der Waals surface area contributed by atoms with Gasteiger partial charge in [-0.2, -0.15) is 0 Å². The van der Waals surface area contributed by atoms with Gasteiger partial charge in [0.15, 0.2) is 6.10 Å². The average molecular weight is 438 g/mol. The first kappa shape index (κ1) is 22.4. The number of amides is 1. The molecule has 0 aliphatic heterocycles. The van der Waals surface area contributed by atoms with E-state index in [0.717, 1.165) is 22.4 Å². The van der Waals surface area contributed by atoms with E-state index in [-0.39, 0.29) is 12.5 Å². The molecule has 0 aromatic heterocycles. The molecular formula is C25H24ClNO4. The van der Waals surface area contributed by atoms with Crippen molar-refractivity contribution in [1.29, 1.82) is 0 Å². The molecule has 31 heavy (non-hydrogen) atoms. The lowest BCUT2D eigenvalue weighted by Crippen LogP contribution is -2.26. The fraction of sp³-hybridized carbons (Fsp3) is 0.200. The molecule has 0 saturated carbocycles. The normalized spacial score (nSPS) is 11.5. The molecule has 0 spiro atoms. The predicted molar refractivity (Wildman–Crippen MR) is 122 cm³/mol. The molecule has 0 saturated heterocycles. The van der Waals surface area contributed by atoms with E-state index >= 15 is 0 Å². The highest BCUT2D eigenvalue weighted by Gasteiger charge is 2.17. The van der Waals surface area contributed by atoms with Gasteiger partial charge < -0.3 is 14.8 Å². The number of benzene rings is 3. The van der Waals surface area contributed by atoms with Crippen molar-refractivity contribution in [3.05, 3.63) is 94.0 Å². The standard InChI is InChI=1S/C25H24ClNO4/c1-16-8-13-23(17(2)14-16)27-24(28)19-9-11-21(12-10-19)31-18(3)25(29)30-15-20-6-4-5-7-22(20)26/h4-14,18H,15H2,1-3H3,(H,27,28). The topological polar surface area (TPSA) is 64.6 Å². The van der Waals surface area contributed by atoms with Crippen molar-refractivity contribution in [2.75, 3.05) is 5.32 Å². The molecule has 0 bridgehead atoms. The van der Waals surface area contributed by atoms with Crippen molar-refractivity contribution in [1.82, 2.24) is 0 Å². The lowest BCUT2D eigenvalue weighted by atomic mass is 10.1. The quantitative estimate of drug-likeness (QED) is 0.480. The predicted octanol–water partition coefficient (Wildman–Crippen LogP) is 5.72. The Morgan fingerprint density at radius 3 is 2.39 bits per heavy atom. The van der Waals surface area contributed by atoms with Crippen LogP contribution in [-0.2, 0) is 16.1 Å². The number of carbonyl (C=O) groups is 2. The minimum Gasteiger partial charge on any atom is -0.479 e. The zero-order chi connectivity index (χ0) is 22.4. The fourth-order valence-corrected chi connectivity index (χ4v) is 3.16. The van der Waals surface area contributed by atoms with Crippen molar-refractivity contribution in [2.24, 2.45) is 0 Å². The molecule has 1 atom stereocenters. The monoisotopic (exact) mass is 437 g/mol. The molecule has 1 amide bonds. The van der Waals surface area contributed by atoms with E-state index in [0.29, 0.717) is 16.3 Å². The van der Waals surface area contributed by atoms with Crippen LogP contribution in [0.2, 0.25) is 5.02 Å². The van der Waals surface area contributed by atoms with Gasteiger partial charge in [-0.15, -0.1) is 0 Å². The number of anilines is 1. The highest BCUT2D eigenvalue weighted by Crippen LogP contribution is 2.20. The van der Waals surface area contributed by atoms with Crippen molar-refractivity contribution in [3.8, 4) is 5.75 Å². The second-order valence-electron chi connectivity index (χ2n) is 7.26. The third-order valence-electron chi connectivity index (χ3n) is 4.72. The minimum atomic E-state index is -0.808. The van der Waals surface area contributed by atoms with Gasteiger partial charge in [0.1, 0.15) is 12.4 Å². The van der Waals surface area contributed by atoms with E-state index in [2.05, 4.69) is 5.32 Å². The smallest absolute Gasteiger partial charge is 0.347 e. The lowest BCUT2D eigenvalue weighted by Gasteiger charge is -2.15. The van der Waals surface area contributed by atoms with E-state index in [1.54, 1.807) is 43.3 Å². The van der Waals surface area contributed by atoms with E-state index in [1.165, 1.54) is 0 Å². The SMILES string of the molecule is Cc1ccc(NC(=O)c2ccc(OC(C)C(=O)OCc3ccccc3Cl)cc2)c(C)c1. The molecule has 5 nitrogen and oxygen atoms in total. The van der Waals surface area contributed by atoms with Crippen LogP contribution in [0.15, 0.2) is 66.7 Å². The number of rotatable bonds is 7. The third kappa shape index (κ3) is 6.09. The maximum atomic E-state index is 12.5. The van der Waals surface area contributed by atoms with E-state index in [4.69, 9.17) is 21.1 Å². The van der Waals surface area contributed by atoms with Crippen LogP contribution < -0.4 is 10.1 Å². The Hall–Kier alpha value is -3.31. The first-order valence-electron chi connectivity index (χ1n) is 9.89. The van der Waals surface area contributed by atoms with Gasteiger partial charge in [-0.25, -0.2) is 4.79 Å². The summed E-state index contributed by atoms with van der Waals surface area (Å²) >= 11 is 6.07. The second kappa shape index (κ2) is 10.1. The zero-order valence-corrected chi connectivity index (χ0v) is 18.4. The molecule has 3 aromatic rings. The zero-order valence-electron chi connectivity index (χ0n) is 17.6. The minimum absolute atomic E-state index is 0.0732. The van der Waals surface area contributed by atoms with Crippen LogP contribution in [0.5, 0.6) is 5.75 Å². The van der Waals surface area contributed by atoms with Crippen LogP contribution in [0.3, 0.4) is 0 Å². The Kier molecular flexibility index (Phi) is 7.32. The Morgan fingerprint density at radius 1 is 1.00 bits per heavy atom. The summed E-state index contributed by atoms with van der Waals surface area (Å²) in [5.41, 5.74) is 4.12. The molecule has 0 radical (unpaired) electrons. The highest BCUT2D eigenvalue weighted by molar-refractivity contribution is 6.31. The number of esters is 1. The van der Waals surface area contributed by atoms with Gasteiger partial charge in [0.2, 0.25) is 0 Å². The van der Waals surface area contributed by atoms with Gasteiger partial charge >= 0.3 is 5.97 Å². The van der Waals surface area contributed by atoms with Gasteiger partial charge in [0.05, 0.1) is 0 Å². The summed E-state index contributed by atoms with van der Waals surface area (Å²) in [5.74, 6) is -0.257. The van der Waals surface area contributed by atoms with Gasteiger partial charge in [0, 0.05) is 21.8 Å². The summed E-state index contributed by atoms with van der Waals surface area (Å²) in [7, 11) is 0. The van der Waals surface area contributed by atoms with Gasteiger partial charge in [-0.1, -0.05) is 47.5 Å². The molecule has 0 aliphatic carbocycles. The Morgan fingerprint density at radius 2 is 1.71 bits per heavy atom. The van der Waals surface area contributed by atoms with Crippen molar-refractivity contribution in [3.63, 3.8) is 0 Å². The first-order valence-corrected chi connectivity index (χ1v) is 10.3. The van der Waals surface area contributed by atoms with Crippen molar-refractivity contribution < 1.29 is 19.1 Å². The van der Waals surface area contributed by atoms with Crippen molar-refractivity contribution in [2.45, 2.75) is 33.5 Å². The maximum Gasteiger partial charge on any atom is 0.347 e. The van der Waals surface area contributed by atoms with Gasteiger partial charge in [-0.3, -0.25) is 4.79 Å². The van der Waals surface area contributed by atoms with Gasteiger partial charge in [0.25, 0.3) is 5.91 Å². The first-order chi connectivity index (χ1) is 14.8. The molecule has 3 rings (SSSR count). The maximum absolute atomic E-state index is 12.5. The molecule has 0 fully saturated rings. The van der Waals surface area contributed by atoms with Crippen molar-refractivity contribution >= 4 is 29.2 Å². The second-order valence-corrected chi connectivity index (χ2v) is 7.66. The summed E-state index contributed by atoms with van der Waals surface area (Å²) in [6.45, 7) is 5.64. The number of hydrogen-bond acceptors (Lipinski definition) is 4. The molecule has 6 heteroatoms. The summed E-state index contributed by atoms with van der Waals surface area (Å²) in [6.07, 6.45) is -0.808. The molecule has 160 valence electrons. The van der Waals surface area contributed by atoms with Crippen LogP contribution in [0.25, 0.3) is 0 Å². The summed E-state index contributed by atoms with van der Waals surface area (Å²) in [5, 5.41) is 3.44. The number of carbonyl (C=O) groups excluding carboxylic acids is 2. The number of hydrogen-bond donors (Lipinski definition) is 1. The Balaban J connectivity index is 1.55. The molecule has 0 heterocycles. The number of ether oxygens (including phenoxy) is 2.